The topological polar surface area (TPSA) is 56.8 Å². The van der Waals surface area contributed by atoms with Crippen molar-refractivity contribution in [3.63, 3.8) is 0 Å². The number of pyridine rings is 1. The number of nitrogens with one attached hydrogen (secondary N) is 2. The largest absolute Gasteiger partial charge is 0.354 e. The minimum atomic E-state index is -0.239. The third-order valence-electron chi connectivity index (χ3n) is 7.26. The number of halogens is 1. The van der Waals surface area contributed by atoms with Crippen LogP contribution in [-0.4, -0.2) is 33.2 Å². The van der Waals surface area contributed by atoms with Gasteiger partial charge in [0.15, 0.2) is 0 Å². The van der Waals surface area contributed by atoms with Crippen LogP contribution in [0.5, 0.6) is 0 Å². The molecule has 44 heavy (non-hydrogen) atoms. The molecule has 1 saturated heterocycles. The highest BCUT2D eigenvalue weighted by molar-refractivity contribution is 5.92. The van der Waals surface area contributed by atoms with Gasteiger partial charge < -0.3 is 5.32 Å². The Morgan fingerprint density at radius 2 is 1.70 bits per heavy atom. The van der Waals surface area contributed by atoms with Crippen molar-refractivity contribution >= 4 is 16.6 Å². The second-order valence-electron chi connectivity index (χ2n) is 10.4. The average molecular weight is 594 g/mol. The number of rotatable bonds is 10. The first-order chi connectivity index (χ1) is 21.5. The van der Waals surface area contributed by atoms with E-state index in [1.165, 1.54) is 37.0 Å². The summed E-state index contributed by atoms with van der Waals surface area (Å²) >= 11 is 0. The van der Waals surface area contributed by atoms with Gasteiger partial charge >= 0.3 is 0 Å². The van der Waals surface area contributed by atoms with Crippen molar-refractivity contribution in [2.24, 2.45) is 0 Å². The second kappa shape index (κ2) is 17.7. The van der Waals surface area contributed by atoms with Crippen LogP contribution < -0.4 is 5.32 Å². The van der Waals surface area contributed by atoms with Crippen LogP contribution in [0.4, 0.5) is 4.39 Å². The highest BCUT2D eigenvalue weighted by Crippen LogP contribution is 2.28. The maximum Gasteiger partial charge on any atom is 0.123 e. The van der Waals surface area contributed by atoms with Gasteiger partial charge in [0, 0.05) is 35.6 Å². The van der Waals surface area contributed by atoms with Crippen LogP contribution in [0.3, 0.4) is 0 Å². The number of likely N-dealkylation sites (tertiary alicyclic amines) is 1. The fourth-order valence-corrected chi connectivity index (χ4v) is 5.15. The minimum absolute atomic E-state index is 0.239. The second-order valence-corrected chi connectivity index (χ2v) is 10.4. The van der Waals surface area contributed by atoms with E-state index < -0.39 is 0 Å². The number of nitrogens with zero attached hydrogens (tertiary/aromatic N) is 3. The summed E-state index contributed by atoms with van der Waals surface area (Å²) in [7, 11) is 0. The van der Waals surface area contributed by atoms with Crippen LogP contribution in [0.15, 0.2) is 104 Å². The fraction of sp³-hybridized carbons (Fsp3) is 0.316. The molecule has 0 bridgehead atoms. The summed E-state index contributed by atoms with van der Waals surface area (Å²) in [4.78, 5) is 7.06. The van der Waals surface area contributed by atoms with Crippen molar-refractivity contribution in [1.29, 1.82) is 0 Å². The molecule has 0 radical (unpaired) electrons. The zero-order chi connectivity index (χ0) is 31.9. The monoisotopic (exact) mass is 593 g/mol. The van der Waals surface area contributed by atoms with Crippen molar-refractivity contribution in [2.75, 3.05) is 13.1 Å². The lowest BCUT2D eigenvalue weighted by Gasteiger charge is -2.26. The lowest BCUT2D eigenvalue weighted by molar-refractivity contribution is 0.220. The smallest absolute Gasteiger partial charge is 0.123 e. The molecule has 1 fully saturated rings. The van der Waals surface area contributed by atoms with Crippen LogP contribution >= 0.6 is 0 Å². The number of aromatic nitrogens is 3. The first kappa shape index (κ1) is 34.2. The maximum atomic E-state index is 13.5. The molecule has 2 aromatic carbocycles. The van der Waals surface area contributed by atoms with Crippen molar-refractivity contribution < 1.29 is 4.39 Å². The fourth-order valence-electron chi connectivity index (χ4n) is 5.15. The van der Waals surface area contributed by atoms with E-state index in [2.05, 4.69) is 62.8 Å². The number of hydrogen-bond acceptors (Lipinski definition) is 4. The molecule has 1 aliphatic heterocycles. The summed E-state index contributed by atoms with van der Waals surface area (Å²) in [6.07, 6.45) is 14.2. The quantitative estimate of drug-likeness (QED) is 0.180. The third-order valence-corrected chi connectivity index (χ3v) is 7.26. The summed E-state index contributed by atoms with van der Waals surface area (Å²) in [5, 5.41) is 12.1. The number of piperidine rings is 1. The SMILES string of the molecule is C=C(/C=C\C(=C/C)NC(=C)c1n[nH]c2ccc(-c3cncc(CN4CCCCC4)c3)cc12)Cc1cccc(F)c1.CC.CC. The number of allylic oxidation sites excluding steroid dienone is 4. The van der Waals surface area contributed by atoms with Crippen LogP contribution in [0.25, 0.3) is 27.7 Å². The highest BCUT2D eigenvalue weighted by Gasteiger charge is 2.13. The van der Waals surface area contributed by atoms with Crippen LogP contribution in [0, 0.1) is 5.82 Å². The van der Waals surface area contributed by atoms with E-state index in [0.29, 0.717) is 12.1 Å². The first-order valence-electron chi connectivity index (χ1n) is 15.9. The molecule has 0 amide bonds. The van der Waals surface area contributed by atoms with Gasteiger partial charge in [-0.1, -0.05) is 83.2 Å². The van der Waals surface area contributed by atoms with Gasteiger partial charge in [-0.3, -0.25) is 15.0 Å². The molecule has 0 spiro atoms. The summed E-state index contributed by atoms with van der Waals surface area (Å²) in [5.41, 5.74) is 8.46. The molecule has 5 nitrogen and oxygen atoms in total. The molecule has 2 aromatic heterocycles. The van der Waals surface area contributed by atoms with Gasteiger partial charge in [-0.25, -0.2) is 4.39 Å². The number of aromatic amines is 1. The number of fused-ring (bicyclic) bond motifs is 1. The molecule has 0 saturated carbocycles. The van der Waals surface area contributed by atoms with E-state index >= 15 is 0 Å². The summed E-state index contributed by atoms with van der Waals surface area (Å²) in [6, 6.07) is 15.1. The molecular formula is C38H48FN5. The van der Waals surface area contributed by atoms with Crippen molar-refractivity contribution in [2.45, 2.75) is 66.8 Å². The molecule has 0 unspecified atom stereocenters. The van der Waals surface area contributed by atoms with Gasteiger partial charge in [0.05, 0.1) is 11.2 Å². The van der Waals surface area contributed by atoms with Gasteiger partial charge in [0.25, 0.3) is 0 Å². The van der Waals surface area contributed by atoms with Gasteiger partial charge in [-0.2, -0.15) is 5.10 Å². The molecule has 3 heterocycles. The number of benzene rings is 2. The van der Waals surface area contributed by atoms with Gasteiger partial charge in [-0.05, 0) is 92.4 Å². The minimum Gasteiger partial charge on any atom is -0.354 e. The van der Waals surface area contributed by atoms with E-state index in [1.807, 2.05) is 71.3 Å². The van der Waals surface area contributed by atoms with E-state index in [1.54, 1.807) is 6.07 Å². The Hall–Kier alpha value is -4.29. The standard InChI is InChI=1S/C34H36FN5.2C2H6/c1-4-31(13-11-24(2)17-26-9-8-10-30(35)19-26)37-25(3)34-32-20-28(12-14-33(32)38-39-34)29-18-27(21-36-22-29)23-40-15-6-5-7-16-40;2*1-2/h4,8-14,18-22,37H,2-3,5-7,15-17,23H2,1H3,(H,38,39);2*1-2H3/b13-11-,31-4+;;. The maximum absolute atomic E-state index is 13.5. The third kappa shape index (κ3) is 9.61. The lowest BCUT2D eigenvalue weighted by Crippen LogP contribution is -2.29. The van der Waals surface area contributed by atoms with E-state index in [-0.39, 0.29) is 5.82 Å². The number of hydrogen-bond donors (Lipinski definition) is 2. The Morgan fingerprint density at radius 3 is 2.43 bits per heavy atom. The molecule has 6 heteroatoms. The molecule has 4 aromatic rings. The predicted molar refractivity (Wildman–Crippen MR) is 185 cm³/mol. The molecule has 1 aliphatic rings. The van der Waals surface area contributed by atoms with Gasteiger partial charge in [-0.15, -0.1) is 0 Å². The Bertz CT molecular complexity index is 1570. The number of H-pyrrole nitrogens is 1. The Labute approximate surface area is 263 Å². The molecule has 0 aliphatic carbocycles. The van der Waals surface area contributed by atoms with Crippen molar-refractivity contribution in [3.05, 3.63) is 126 Å². The van der Waals surface area contributed by atoms with Crippen LogP contribution in [0.1, 0.15) is 70.7 Å². The normalized spacial score (nSPS) is 13.5. The Kier molecular flexibility index (Phi) is 13.8. The van der Waals surface area contributed by atoms with E-state index in [9.17, 15) is 4.39 Å². The Balaban J connectivity index is 0.00000127. The highest BCUT2D eigenvalue weighted by atomic mass is 19.1. The van der Waals surface area contributed by atoms with E-state index in [0.717, 1.165) is 64.2 Å². The van der Waals surface area contributed by atoms with Crippen molar-refractivity contribution in [3.8, 4) is 11.1 Å². The van der Waals surface area contributed by atoms with Crippen LogP contribution in [-0.2, 0) is 13.0 Å². The molecule has 232 valence electrons. The van der Waals surface area contributed by atoms with Crippen molar-refractivity contribution in [1.82, 2.24) is 25.4 Å². The summed E-state index contributed by atoms with van der Waals surface area (Å²) < 4.78 is 13.5. The van der Waals surface area contributed by atoms with E-state index in [4.69, 9.17) is 0 Å². The zero-order valence-corrected chi connectivity index (χ0v) is 27.1. The lowest BCUT2D eigenvalue weighted by atomic mass is 10.0. The van der Waals surface area contributed by atoms with Gasteiger partial charge in [0.2, 0.25) is 0 Å². The molecule has 0 atom stereocenters. The average Bonchev–Trinajstić information content (AvgIpc) is 3.49. The molecule has 2 N–H and O–H groups in total. The zero-order valence-electron chi connectivity index (χ0n) is 27.1. The molecule has 5 rings (SSSR count). The molecular weight excluding hydrogens is 545 g/mol. The summed E-state index contributed by atoms with van der Waals surface area (Å²) in [5.74, 6) is -0.239. The predicted octanol–water partition coefficient (Wildman–Crippen LogP) is 9.62. The van der Waals surface area contributed by atoms with Gasteiger partial charge in [0.1, 0.15) is 11.5 Å². The first-order valence-corrected chi connectivity index (χ1v) is 15.9. The summed E-state index contributed by atoms with van der Waals surface area (Å²) in [6.45, 7) is 21.6. The van der Waals surface area contributed by atoms with Crippen LogP contribution in [0.2, 0.25) is 0 Å². The Morgan fingerprint density at radius 1 is 0.932 bits per heavy atom.